The van der Waals surface area contributed by atoms with Gasteiger partial charge in [0.1, 0.15) is 17.3 Å². The summed E-state index contributed by atoms with van der Waals surface area (Å²) in [7, 11) is 1.88. The van der Waals surface area contributed by atoms with Crippen LogP contribution in [0.1, 0.15) is 24.2 Å². The Morgan fingerprint density at radius 3 is 2.53 bits per heavy atom. The normalized spacial score (nSPS) is 12.2. The van der Waals surface area contributed by atoms with Gasteiger partial charge in [-0.2, -0.15) is 0 Å². The molecule has 2 rings (SSSR count). The van der Waals surface area contributed by atoms with Gasteiger partial charge in [-0.1, -0.05) is 6.07 Å². The molecular formula is C15H17FN2O. The highest BCUT2D eigenvalue weighted by atomic mass is 19.1. The van der Waals surface area contributed by atoms with E-state index in [0.717, 1.165) is 5.69 Å². The van der Waals surface area contributed by atoms with Gasteiger partial charge in [0, 0.05) is 12.1 Å². The molecule has 1 atom stereocenters. The second kappa shape index (κ2) is 5.80. The van der Waals surface area contributed by atoms with Crippen molar-refractivity contribution >= 4 is 0 Å². The van der Waals surface area contributed by atoms with E-state index in [4.69, 9.17) is 4.74 Å². The topological polar surface area (TPSA) is 34.1 Å². The van der Waals surface area contributed by atoms with Crippen LogP contribution in [-0.2, 0) is 0 Å². The number of nitrogens with zero attached hydrogens (tertiary/aromatic N) is 1. The number of ether oxygens (including phenoxy) is 1. The van der Waals surface area contributed by atoms with Crippen molar-refractivity contribution < 1.29 is 9.13 Å². The predicted octanol–water partition coefficient (Wildman–Crippen LogP) is 3.60. The number of rotatable bonds is 4. The van der Waals surface area contributed by atoms with E-state index in [9.17, 15) is 4.39 Å². The van der Waals surface area contributed by atoms with Gasteiger partial charge in [-0.05, 0) is 44.7 Å². The average Bonchev–Trinajstić information content (AvgIpc) is 2.43. The van der Waals surface area contributed by atoms with E-state index in [0.29, 0.717) is 17.1 Å². The zero-order chi connectivity index (χ0) is 13.8. The molecule has 0 saturated carbocycles. The summed E-state index contributed by atoms with van der Waals surface area (Å²) in [6.45, 7) is 3.74. The molecule has 1 unspecified atom stereocenters. The molecule has 1 N–H and O–H groups in total. The number of nitrogens with one attached hydrogen (secondary N) is 1. The Hall–Kier alpha value is -1.94. The smallest absolute Gasteiger partial charge is 0.145 e. The van der Waals surface area contributed by atoms with E-state index in [-0.39, 0.29) is 11.9 Å². The molecule has 2 aromatic rings. The Balaban J connectivity index is 2.12. The van der Waals surface area contributed by atoms with Crippen LogP contribution in [0.4, 0.5) is 4.39 Å². The first-order valence-electron chi connectivity index (χ1n) is 6.17. The van der Waals surface area contributed by atoms with Crippen molar-refractivity contribution in [2.24, 2.45) is 0 Å². The van der Waals surface area contributed by atoms with Crippen LogP contribution in [0.15, 0.2) is 36.5 Å². The number of halogens is 1. The third-order valence-corrected chi connectivity index (χ3v) is 3.01. The number of aromatic nitrogens is 1. The Labute approximate surface area is 112 Å². The molecule has 19 heavy (non-hydrogen) atoms. The van der Waals surface area contributed by atoms with Gasteiger partial charge in [0.05, 0.1) is 11.9 Å². The molecule has 0 bridgehead atoms. The summed E-state index contributed by atoms with van der Waals surface area (Å²) in [5, 5.41) is 3.11. The van der Waals surface area contributed by atoms with Crippen LogP contribution in [0.25, 0.3) is 0 Å². The van der Waals surface area contributed by atoms with Crippen molar-refractivity contribution in [3.8, 4) is 11.5 Å². The summed E-state index contributed by atoms with van der Waals surface area (Å²) in [6, 6.07) is 8.71. The van der Waals surface area contributed by atoms with E-state index in [2.05, 4.69) is 10.3 Å². The molecule has 1 heterocycles. The Morgan fingerprint density at radius 1 is 1.21 bits per heavy atom. The lowest BCUT2D eigenvalue weighted by atomic mass is 10.2. The minimum absolute atomic E-state index is 0.186. The van der Waals surface area contributed by atoms with Gasteiger partial charge in [-0.3, -0.25) is 4.98 Å². The van der Waals surface area contributed by atoms with Crippen molar-refractivity contribution in [2.45, 2.75) is 19.9 Å². The number of hydrogen-bond donors (Lipinski definition) is 1. The summed E-state index contributed by atoms with van der Waals surface area (Å²) in [5.74, 6) is 0.792. The molecule has 100 valence electrons. The highest BCUT2D eigenvalue weighted by molar-refractivity contribution is 5.33. The number of aryl methyl sites for hydroxylation is 1. The van der Waals surface area contributed by atoms with Crippen LogP contribution < -0.4 is 10.1 Å². The van der Waals surface area contributed by atoms with Crippen LogP contribution in [0.2, 0.25) is 0 Å². The first kappa shape index (κ1) is 13.5. The highest BCUT2D eigenvalue weighted by Crippen LogP contribution is 2.23. The molecule has 0 spiro atoms. The van der Waals surface area contributed by atoms with Crippen molar-refractivity contribution in [3.63, 3.8) is 0 Å². The molecule has 0 aliphatic heterocycles. The van der Waals surface area contributed by atoms with Crippen molar-refractivity contribution in [1.82, 2.24) is 10.3 Å². The fraction of sp³-hybridized carbons (Fsp3) is 0.267. The third kappa shape index (κ3) is 3.29. The molecular weight excluding hydrogens is 243 g/mol. The minimum atomic E-state index is -0.272. The van der Waals surface area contributed by atoms with E-state index < -0.39 is 0 Å². The summed E-state index contributed by atoms with van der Waals surface area (Å²) >= 11 is 0. The van der Waals surface area contributed by atoms with Gasteiger partial charge in [0.2, 0.25) is 0 Å². The van der Waals surface area contributed by atoms with Crippen LogP contribution in [0.5, 0.6) is 11.5 Å². The van der Waals surface area contributed by atoms with Gasteiger partial charge in [-0.15, -0.1) is 0 Å². The maximum atomic E-state index is 13.4. The third-order valence-electron chi connectivity index (χ3n) is 3.01. The van der Waals surface area contributed by atoms with Gasteiger partial charge >= 0.3 is 0 Å². The lowest BCUT2D eigenvalue weighted by Gasteiger charge is -2.10. The molecule has 1 aromatic heterocycles. The first-order chi connectivity index (χ1) is 9.10. The van der Waals surface area contributed by atoms with Gasteiger partial charge < -0.3 is 10.1 Å². The standard InChI is InChI=1S/C15H17FN2O/c1-10-4-5-12(8-14(10)16)19-13-6-7-15(18-9-13)11(2)17-3/h4-9,11,17H,1-3H3. The summed E-state index contributed by atoms with van der Waals surface area (Å²) in [4.78, 5) is 4.30. The van der Waals surface area contributed by atoms with Gasteiger partial charge in [0.15, 0.2) is 0 Å². The van der Waals surface area contributed by atoms with Crippen molar-refractivity contribution in [2.75, 3.05) is 7.05 Å². The molecule has 0 fully saturated rings. The largest absolute Gasteiger partial charge is 0.456 e. The fourth-order valence-corrected chi connectivity index (χ4v) is 1.63. The quantitative estimate of drug-likeness (QED) is 0.912. The van der Waals surface area contributed by atoms with Gasteiger partial charge in [0.25, 0.3) is 0 Å². The maximum Gasteiger partial charge on any atom is 0.145 e. The lowest BCUT2D eigenvalue weighted by molar-refractivity contribution is 0.472. The van der Waals surface area contributed by atoms with Gasteiger partial charge in [-0.25, -0.2) is 4.39 Å². The number of benzene rings is 1. The lowest BCUT2D eigenvalue weighted by Crippen LogP contribution is -2.13. The molecule has 0 radical (unpaired) electrons. The van der Waals surface area contributed by atoms with E-state index >= 15 is 0 Å². The summed E-state index contributed by atoms with van der Waals surface area (Å²) in [6.07, 6.45) is 1.64. The highest BCUT2D eigenvalue weighted by Gasteiger charge is 2.05. The average molecular weight is 260 g/mol. The first-order valence-corrected chi connectivity index (χ1v) is 6.17. The number of hydrogen-bond acceptors (Lipinski definition) is 3. The van der Waals surface area contributed by atoms with E-state index in [1.807, 2.05) is 26.1 Å². The Kier molecular flexibility index (Phi) is 4.12. The maximum absolute atomic E-state index is 13.4. The minimum Gasteiger partial charge on any atom is -0.456 e. The zero-order valence-electron chi connectivity index (χ0n) is 11.3. The Bertz CT molecular complexity index is 555. The second-order valence-corrected chi connectivity index (χ2v) is 4.44. The molecule has 0 aliphatic rings. The number of pyridine rings is 1. The van der Waals surface area contributed by atoms with Crippen molar-refractivity contribution in [1.29, 1.82) is 0 Å². The summed E-state index contributed by atoms with van der Waals surface area (Å²) < 4.78 is 19.0. The SMILES string of the molecule is CNC(C)c1ccc(Oc2ccc(C)c(F)c2)cn1. The molecule has 0 saturated heterocycles. The molecule has 3 nitrogen and oxygen atoms in total. The molecule has 0 amide bonds. The van der Waals surface area contributed by atoms with E-state index in [1.165, 1.54) is 6.07 Å². The fourth-order valence-electron chi connectivity index (χ4n) is 1.63. The van der Waals surface area contributed by atoms with Crippen molar-refractivity contribution in [3.05, 3.63) is 53.6 Å². The van der Waals surface area contributed by atoms with Crippen LogP contribution in [-0.4, -0.2) is 12.0 Å². The van der Waals surface area contributed by atoms with E-state index in [1.54, 1.807) is 25.3 Å². The predicted molar refractivity (Wildman–Crippen MR) is 72.9 cm³/mol. The van der Waals surface area contributed by atoms with Crippen LogP contribution in [0.3, 0.4) is 0 Å². The molecule has 0 aliphatic carbocycles. The molecule has 1 aromatic carbocycles. The van der Waals surface area contributed by atoms with Crippen LogP contribution in [0, 0.1) is 12.7 Å². The Morgan fingerprint density at radius 2 is 1.95 bits per heavy atom. The van der Waals surface area contributed by atoms with Crippen LogP contribution >= 0.6 is 0 Å². The zero-order valence-corrected chi connectivity index (χ0v) is 11.3. The monoisotopic (exact) mass is 260 g/mol. The summed E-state index contributed by atoms with van der Waals surface area (Å²) in [5.41, 5.74) is 1.54. The molecule has 4 heteroatoms. The second-order valence-electron chi connectivity index (χ2n) is 4.44.